The molecule has 18 heavy (non-hydrogen) atoms. The number of rotatable bonds is 4. The molecule has 0 heterocycles. The molecule has 0 aromatic heterocycles. The van der Waals surface area contributed by atoms with E-state index in [-0.39, 0.29) is 5.82 Å². The van der Waals surface area contributed by atoms with Crippen LogP contribution in [-0.4, -0.2) is 0 Å². The Balaban J connectivity index is 1.99. The van der Waals surface area contributed by atoms with Crippen LogP contribution in [0.3, 0.4) is 0 Å². The standard InChI is InChI=1S/C16H18FN/c1-3-13-6-8-15(9-7-13)18-11-14-5-4-12(2)16(17)10-14/h4-10,18H,3,11H2,1-2H3. The predicted octanol–water partition coefficient (Wildman–Crippen LogP) is 4.31. The van der Waals surface area contributed by atoms with Crippen molar-refractivity contribution in [2.24, 2.45) is 0 Å². The highest BCUT2D eigenvalue weighted by Crippen LogP contribution is 2.13. The van der Waals surface area contributed by atoms with Crippen molar-refractivity contribution in [2.75, 3.05) is 5.32 Å². The van der Waals surface area contributed by atoms with Crippen LogP contribution in [0.1, 0.15) is 23.6 Å². The van der Waals surface area contributed by atoms with E-state index in [0.717, 1.165) is 17.7 Å². The van der Waals surface area contributed by atoms with Gasteiger partial charge in [-0.2, -0.15) is 0 Å². The highest BCUT2D eigenvalue weighted by molar-refractivity contribution is 5.45. The van der Waals surface area contributed by atoms with Crippen LogP contribution in [0.25, 0.3) is 0 Å². The highest BCUT2D eigenvalue weighted by atomic mass is 19.1. The molecule has 0 aliphatic heterocycles. The van der Waals surface area contributed by atoms with Gasteiger partial charge in [-0.3, -0.25) is 0 Å². The average molecular weight is 243 g/mol. The fourth-order valence-corrected chi connectivity index (χ4v) is 1.81. The molecule has 2 aromatic carbocycles. The monoisotopic (exact) mass is 243 g/mol. The Morgan fingerprint density at radius 3 is 2.28 bits per heavy atom. The first kappa shape index (κ1) is 12.6. The Morgan fingerprint density at radius 1 is 1.00 bits per heavy atom. The summed E-state index contributed by atoms with van der Waals surface area (Å²) in [6.45, 7) is 4.55. The van der Waals surface area contributed by atoms with Crippen molar-refractivity contribution in [1.82, 2.24) is 0 Å². The maximum Gasteiger partial charge on any atom is 0.126 e. The van der Waals surface area contributed by atoms with Gasteiger partial charge in [-0.25, -0.2) is 4.39 Å². The summed E-state index contributed by atoms with van der Waals surface area (Å²) >= 11 is 0. The van der Waals surface area contributed by atoms with Crippen LogP contribution in [0.5, 0.6) is 0 Å². The first-order valence-electron chi connectivity index (χ1n) is 6.27. The van der Waals surface area contributed by atoms with Gasteiger partial charge in [0.1, 0.15) is 5.82 Å². The van der Waals surface area contributed by atoms with Gasteiger partial charge in [0, 0.05) is 12.2 Å². The van der Waals surface area contributed by atoms with Crippen molar-refractivity contribution in [3.8, 4) is 0 Å². The number of hydrogen-bond donors (Lipinski definition) is 1. The molecule has 0 saturated heterocycles. The van der Waals surface area contributed by atoms with Crippen LogP contribution >= 0.6 is 0 Å². The molecule has 2 rings (SSSR count). The molecule has 0 saturated carbocycles. The van der Waals surface area contributed by atoms with Crippen LogP contribution in [0.4, 0.5) is 10.1 Å². The minimum Gasteiger partial charge on any atom is -0.381 e. The Morgan fingerprint density at radius 2 is 1.67 bits per heavy atom. The lowest BCUT2D eigenvalue weighted by Crippen LogP contribution is -2.00. The van der Waals surface area contributed by atoms with E-state index in [1.165, 1.54) is 5.56 Å². The smallest absolute Gasteiger partial charge is 0.126 e. The summed E-state index contributed by atoms with van der Waals surface area (Å²) < 4.78 is 13.4. The van der Waals surface area contributed by atoms with E-state index < -0.39 is 0 Å². The molecule has 1 nitrogen and oxygen atoms in total. The molecule has 0 unspecified atom stereocenters. The topological polar surface area (TPSA) is 12.0 Å². The van der Waals surface area contributed by atoms with Crippen LogP contribution in [0.15, 0.2) is 42.5 Å². The molecule has 0 radical (unpaired) electrons. The summed E-state index contributed by atoms with van der Waals surface area (Å²) in [5, 5.41) is 3.29. The molecule has 0 atom stereocenters. The van der Waals surface area contributed by atoms with E-state index in [0.29, 0.717) is 12.1 Å². The van der Waals surface area contributed by atoms with Gasteiger partial charge < -0.3 is 5.32 Å². The number of benzene rings is 2. The van der Waals surface area contributed by atoms with E-state index in [9.17, 15) is 4.39 Å². The fourth-order valence-electron chi connectivity index (χ4n) is 1.81. The lowest BCUT2D eigenvalue weighted by atomic mass is 10.1. The summed E-state index contributed by atoms with van der Waals surface area (Å²) in [6, 6.07) is 13.7. The second kappa shape index (κ2) is 5.67. The molecule has 2 aromatic rings. The summed E-state index contributed by atoms with van der Waals surface area (Å²) in [4.78, 5) is 0. The van der Waals surface area contributed by atoms with Gasteiger partial charge in [0.05, 0.1) is 0 Å². The normalized spacial score (nSPS) is 10.4. The number of hydrogen-bond acceptors (Lipinski definition) is 1. The van der Waals surface area contributed by atoms with E-state index >= 15 is 0 Å². The van der Waals surface area contributed by atoms with Crippen molar-refractivity contribution in [3.05, 3.63) is 65.0 Å². The van der Waals surface area contributed by atoms with E-state index in [1.807, 2.05) is 12.1 Å². The zero-order chi connectivity index (χ0) is 13.0. The largest absolute Gasteiger partial charge is 0.381 e. The summed E-state index contributed by atoms with van der Waals surface area (Å²) in [5.41, 5.74) is 4.03. The summed E-state index contributed by atoms with van der Waals surface area (Å²) in [5.74, 6) is -0.143. The van der Waals surface area contributed by atoms with Crippen molar-refractivity contribution in [1.29, 1.82) is 0 Å². The Labute approximate surface area is 108 Å². The van der Waals surface area contributed by atoms with E-state index in [2.05, 4.69) is 36.5 Å². The predicted molar refractivity (Wildman–Crippen MR) is 74.3 cm³/mol. The van der Waals surface area contributed by atoms with Gasteiger partial charge in [0.2, 0.25) is 0 Å². The van der Waals surface area contributed by atoms with E-state index in [1.54, 1.807) is 13.0 Å². The molecule has 2 heteroatoms. The molecule has 94 valence electrons. The maximum atomic E-state index is 13.4. The first-order valence-corrected chi connectivity index (χ1v) is 6.27. The van der Waals surface area contributed by atoms with Crippen molar-refractivity contribution < 1.29 is 4.39 Å². The van der Waals surface area contributed by atoms with Gasteiger partial charge in [-0.1, -0.05) is 31.2 Å². The summed E-state index contributed by atoms with van der Waals surface area (Å²) in [7, 11) is 0. The molecule has 1 N–H and O–H groups in total. The molecule has 0 fully saturated rings. The lowest BCUT2D eigenvalue weighted by molar-refractivity contribution is 0.616. The van der Waals surface area contributed by atoms with Crippen molar-refractivity contribution in [3.63, 3.8) is 0 Å². The number of anilines is 1. The van der Waals surface area contributed by atoms with Crippen LogP contribution in [0, 0.1) is 12.7 Å². The number of nitrogens with one attached hydrogen (secondary N) is 1. The third-order valence-electron chi connectivity index (χ3n) is 3.10. The van der Waals surface area contributed by atoms with Gasteiger partial charge >= 0.3 is 0 Å². The second-order valence-electron chi connectivity index (χ2n) is 4.49. The molecular weight excluding hydrogens is 225 g/mol. The first-order chi connectivity index (χ1) is 8.69. The molecule has 0 aliphatic rings. The minimum absolute atomic E-state index is 0.143. The molecule has 0 amide bonds. The zero-order valence-electron chi connectivity index (χ0n) is 10.8. The third-order valence-corrected chi connectivity index (χ3v) is 3.10. The van der Waals surface area contributed by atoms with Crippen molar-refractivity contribution >= 4 is 5.69 Å². The van der Waals surface area contributed by atoms with Gasteiger partial charge in [-0.15, -0.1) is 0 Å². The fraction of sp³-hybridized carbons (Fsp3) is 0.250. The summed E-state index contributed by atoms with van der Waals surface area (Å²) in [6.07, 6.45) is 1.05. The Kier molecular flexibility index (Phi) is 3.98. The molecule has 0 aliphatic carbocycles. The van der Waals surface area contributed by atoms with Gasteiger partial charge in [0.25, 0.3) is 0 Å². The van der Waals surface area contributed by atoms with Crippen LogP contribution in [0.2, 0.25) is 0 Å². The van der Waals surface area contributed by atoms with Crippen LogP contribution in [-0.2, 0) is 13.0 Å². The zero-order valence-corrected chi connectivity index (χ0v) is 10.8. The molecular formula is C16H18FN. The van der Waals surface area contributed by atoms with E-state index in [4.69, 9.17) is 0 Å². The van der Waals surface area contributed by atoms with Crippen molar-refractivity contribution in [2.45, 2.75) is 26.8 Å². The SMILES string of the molecule is CCc1ccc(NCc2ccc(C)c(F)c2)cc1. The Hall–Kier alpha value is -1.83. The average Bonchev–Trinajstić information content (AvgIpc) is 2.41. The number of aryl methyl sites for hydroxylation is 2. The number of halogens is 1. The van der Waals surface area contributed by atoms with Gasteiger partial charge in [-0.05, 0) is 48.2 Å². The molecule has 0 bridgehead atoms. The van der Waals surface area contributed by atoms with Gasteiger partial charge in [0.15, 0.2) is 0 Å². The second-order valence-corrected chi connectivity index (χ2v) is 4.49. The molecule has 0 spiro atoms. The third kappa shape index (κ3) is 3.10. The highest BCUT2D eigenvalue weighted by Gasteiger charge is 1.99. The van der Waals surface area contributed by atoms with Crippen LogP contribution < -0.4 is 5.32 Å². The Bertz CT molecular complexity index is 517. The maximum absolute atomic E-state index is 13.4. The minimum atomic E-state index is -0.143. The quantitative estimate of drug-likeness (QED) is 0.843. The lowest BCUT2D eigenvalue weighted by Gasteiger charge is -2.08.